The normalized spacial score (nSPS) is 17.5. The van der Waals surface area contributed by atoms with E-state index >= 15 is 4.79 Å². The maximum atomic E-state index is 15.0. The number of carbonyl (C=O) groups excluding carboxylic acids is 2. The van der Waals surface area contributed by atoms with Crippen LogP contribution in [-0.4, -0.2) is 16.8 Å². The number of hydrogen-bond acceptors (Lipinski definition) is 6. The fourth-order valence-electron chi connectivity index (χ4n) is 6.40. The van der Waals surface area contributed by atoms with Gasteiger partial charge in [-0.15, -0.1) is 0 Å². The SMILES string of the molecule is Cc1cccc(CN2C(=O)C3(c4ccccc42)c2c(oc4ccc(F)cc4c2=O)C(=O)N3c2nc3ccc(C)cc3s2)c1. The molecule has 0 saturated heterocycles. The summed E-state index contributed by atoms with van der Waals surface area (Å²) in [7, 11) is 0. The molecule has 4 aromatic carbocycles. The van der Waals surface area contributed by atoms with Gasteiger partial charge in [0.05, 0.1) is 33.4 Å². The van der Waals surface area contributed by atoms with Gasteiger partial charge < -0.3 is 9.32 Å². The largest absolute Gasteiger partial charge is 0.450 e. The molecule has 8 rings (SSSR count). The van der Waals surface area contributed by atoms with E-state index in [0.29, 0.717) is 16.8 Å². The molecule has 1 unspecified atom stereocenters. The minimum atomic E-state index is -1.91. The average molecular weight is 588 g/mol. The van der Waals surface area contributed by atoms with Gasteiger partial charge in [0.1, 0.15) is 11.4 Å². The Hall–Kier alpha value is -5.15. The zero-order chi connectivity index (χ0) is 29.6. The summed E-state index contributed by atoms with van der Waals surface area (Å²) < 4.78 is 21.3. The highest BCUT2D eigenvalue weighted by Gasteiger charge is 2.66. The third kappa shape index (κ3) is 3.45. The maximum Gasteiger partial charge on any atom is 0.297 e. The lowest BCUT2D eigenvalue weighted by atomic mass is 9.84. The number of fused-ring (bicyclic) bond motifs is 6. The standard InChI is InChI=1S/C34H22FN3O4S/c1-18-6-5-7-20(14-18)17-37-25-9-4-3-8-23(25)34(32(37)41)28-29(39)22-16-21(35)11-13-26(22)42-30(28)31(40)38(34)33-36-24-12-10-19(2)15-27(24)43-33/h3-16H,17H2,1-2H3. The summed E-state index contributed by atoms with van der Waals surface area (Å²) in [6.45, 7) is 4.15. The van der Waals surface area contributed by atoms with Gasteiger partial charge in [-0.05, 0) is 61.4 Å². The Kier molecular flexibility index (Phi) is 5.30. The van der Waals surface area contributed by atoms with Gasteiger partial charge >= 0.3 is 0 Å². The van der Waals surface area contributed by atoms with Gasteiger partial charge in [-0.1, -0.05) is 65.4 Å². The lowest BCUT2D eigenvalue weighted by Gasteiger charge is -2.32. The molecule has 0 N–H and O–H groups in total. The van der Waals surface area contributed by atoms with E-state index in [9.17, 15) is 14.0 Å². The van der Waals surface area contributed by atoms with Crippen molar-refractivity contribution in [3.05, 3.63) is 135 Å². The molecular weight excluding hydrogens is 565 g/mol. The number of aromatic nitrogens is 1. The molecule has 2 aromatic heterocycles. The molecule has 1 spiro atoms. The number of aryl methyl sites for hydroxylation is 2. The Bertz CT molecular complexity index is 2260. The molecule has 0 saturated carbocycles. The molecule has 2 aliphatic rings. The van der Waals surface area contributed by atoms with Crippen LogP contribution in [0.15, 0.2) is 94.1 Å². The number of para-hydroxylation sites is 1. The summed E-state index contributed by atoms with van der Waals surface area (Å²) in [5.74, 6) is -2.02. The van der Waals surface area contributed by atoms with Crippen molar-refractivity contribution in [2.75, 3.05) is 9.80 Å². The summed E-state index contributed by atoms with van der Waals surface area (Å²) in [4.78, 5) is 51.5. The molecule has 4 heterocycles. The maximum absolute atomic E-state index is 15.0. The van der Waals surface area contributed by atoms with Crippen molar-refractivity contribution in [3.63, 3.8) is 0 Å². The Morgan fingerprint density at radius 1 is 0.907 bits per heavy atom. The van der Waals surface area contributed by atoms with Crippen LogP contribution in [0.25, 0.3) is 21.2 Å². The van der Waals surface area contributed by atoms with Crippen molar-refractivity contribution in [2.24, 2.45) is 0 Å². The fourth-order valence-corrected chi connectivity index (χ4v) is 7.52. The van der Waals surface area contributed by atoms with Crippen molar-refractivity contribution in [1.29, 1.82) is 0 Å². The van der Waals surface area contributed by atoms with Crippen molar-refractivity contribution in [2.45, 2.75) is 25.9 Å². The summed E-state index contributed by atoms with van der Waals surface area (Å²) in [6, 6.07) is 24.3. The topological polar surface area (TPSA) is 83.7 Å². The van der Waals surface area contributed by atoms with E-state index in [1.165, 1.54) is 28.4 Å². The monoisotopic (exact) mass is 587 g/mol. The molecular formula is C34H22FN3O4S. The zero-order valence-corrected chi connectivity index (χ0v) is 23.9. The molecule has 9 heteroatoms. The molecule has 43 heavy (non-hydrogen) atoms. The Labute approximate surface area is 248 Å². The summed E-state index contributed by atoms with van der Waals surface area (Å²) >= 11 is 1.26. The molecule has 210 valence electrons. The third-order valence-corrected chi connectivity index (χ3v) is 9.24. The second-order valence-electron chi connectivity index (χ2n) is 11.0. The minimum Gasteiger partial charge on any atom is -0.450 e. The molecule has 6 aromatic rings. The number of hydrogen-bond donors (Lipinski definition) is 0. The van der Waals surface area contributed by atoms with Crippen LogP contribution in [0.3, 0.4) is 0 Å². The molecule has 1 atom stereocenters. The van der Waals surface area contributed by atoms with Gasteiger partial charge in [-0.2, -0.15) is 0 Å². The van der Waals surface area contributed by atoms with Gasteiger partial charge in [-0.3, -0.25) is 19.3 Å². The first-order valence-electron chi connectivity index (χ1n) is 13.7. The van der Waals surface area contributed by atoms with Gasteiger partial charge in [0.25, 0.3) is 11.8 Å². The fraction of sp³-hybridized carbons (Fsp3) is 0.118. The van der Waals surface area contributed by atoms with Crippen LogP contribution in [0.1, 0.15) is 38.4 Å². The van der Waals surface area contributed by atoms with E-state index in [2.05, 4.69) is 0 Å². The number of anilines is 2. The molecule has 0 fully saturated rings. The highest BCUT2D eigenvalue weighted by atomic mass is 32.1. The molecule has 2 amide bonds. The van der Waals surface area contributed by atoms with Crippen LogP contribution in [0, 0.1) is 19.7 Å². The van der Waals surface area contributed by atoms with Gasteiger partial charge in [0.15, 0.2) is 16.1 Å². The lowest BCUT2D eigenvalue weighted by Crippen LogP contribution is -2.53. The second-order valence-corrected chi connectivity index (χ2v) is 12.0. The molecule has 7 nitrogen and oxygen atoms in total. The van der Waals surface area contributed by atoms with Gasteiger partial charge in [0.2, 0.25) is 5.76 Å². The van der Waals surface area contributed by atoms with Crippen LogP contribution in [0.5, 0.6) is 0 Å². The Morgan fingerprint density at radius 3 is 2.56 bits per heavy atom. The van der Waals surface area contributed by atoms with Crippen LogP contribution in [0.4, 0.5) is 15.2 Å². The molecule has 2 aliphatic heterocycles. The second kappa shape index (κ2) is 8.92. The number of halogens is 1. The quantitative estimate of drug-likeness (QED) is 0.233. The number of thiazole rings is 1. The van der Waals surface area contributed by atoms with Gasteiger partial charge in [0, 0.05) is 5.56 Å². The number of amides is 2. The Morgan fingerprint density at radius 2 is 1.72 bits per heavy atom. The number of rotatable bonds is 3. The molecule has 0 bridgehead atoms. The number of carbonyl (C=O) groups is 2. The Balaban J connectivity index is 1.46. The number of nitrogens with zero attached hydrogens (tertiary/aromatic N) is 3. The number of benzene rings is 4. The van der Waals surface area contributed by atoms with E-state index in [0.717, 1.165) is 27.5 Å². The summed E-state index contributed by atoms with van der Waals surface area (Å²) in [6.07, 6.45) is 0. The predicted molar refractivity (Wildman–Crippen MR) is 163 cm³/mol. The minimum absolute atomic E-state index is 0.0462. The van der Waals surface area contributed by atoms with Crippen molar-refractivity contribution in [1.82, 2.24) is 4.98 Å². The highest BCUT2D eigenvalue weighted by Crippen LogP contribution is 2.55. The van der Waals surface area contributed by atoms with Gasteiger partial charge in [-0.25, -0.2) is 9.37 Å². The van der Waals surface area contributed by atoms with Crippen LogP contribution >= 0.6 is 11.3 Å². The van der Waals surface area contributed by atoms with E-state index in [1.54, 1.807) is 17.0 Å². The molecule has 0 aliphatic carbocycles. The van der Waals surface area contributed by atoms with E-state index in [-0.39, 0.29) is 34.0 Å². The summed E-state index contributed by atoms with van der Waals surface area (Å²) in [5.41, 5.74) is 2.01. The third-order valence-electron chi connectivity index (χ3n) is 8.23. The van der Waals surface area contributed by atoms with Crippen LogP contribution in [0.2, 0.25) is 0 Å². The average Bonchev–Trinajstić information content (AvgIpc) is 3.59. The zero-order valence-electron chi connectivity index (χ0n) is 23.1. The highest BCUT2D eigenvalue weighted by molar-refractivity contribution is 7.22. The first-order chi connectivity index (χ1) is 20.8. The van der Waals surface area contributed by atoms with E-state index in [4.69, 9.17) is 9.40 Å². The lowest BCUT2D eigenvalue weighted by molar-refractivity contribution is -0.121. The predicted octanol–water partition coefficient (Wildman–Crippen LogP) is 6.61. The molecule has 0 radical (unpaired) electrons. The smallest absolute Gasteiger partial charge is 0.297 e. The van der Waals surface area contributed by atoms with Crippen LogP contribution in [-0.2, 0) is 16.9 Å². The first-order valence-corrected chi connectivity index (χ1v) is 14.5. The van der Waals surface area contributed by atoms with Crippen molar-refractivity contribution >= 4 is 55.2 Å². The first kappa shape index (κ1) is 25.6. The van der Waals surface area contributed by atoms with Crippen LogP contribution < -0.4 is 15.2 Å². The van der Waals surface area contributed by atoms with E-state index in [1.807, 2.05) is 68.4 Å². The van der Waals surface area contributed by atoms with Crippen molar-refractivity contribution in [3.8, 4) is 0 Å². The summed E-state index contributed by atoms with van der Waals surface area (Å²) in [5, 5.41) is 0.210. The van der Waals surface area contributed by atoms with Crippen molar-refractivity contribution < 1.29 is 18.4 Å². The van der Waals surface area contributed by atoms with E-state index < -0.39 is 28.6 Å².